The van der Waals surface area contributed by atoms with Crippen LogP contribution in [0.3, 0.4) is 0 Å². The molecular formula is C19H28N4O2. The molecule has 25 heavy (non-hydrogen) atoms. The Labute approximate surface area is 149 Å². The molecule has 1 unspecified atom stereocenters. The summed E-state index contributed by atoms with van der Waals surface area (Å²) in [6.45, 7) is 7.68. The summed E-state index contributed by atoms with van der Waals surface area (Å²) in [6.07, 6.45) is 9.51. The van der Waals surface area contributed by atoms with Crippen LogP contribution in [0.25, 0.3) is 0 Å². The molecule has 1 aliphatic rings. The zero-order chi connectivity index (χ0) is 17.8. The SMILES string of the molecule is Cc1noc(C)c1CCC(=O)N1CCCCC1CCn1ccnc1C. The van der Waals surface area contributed by atoms with Gasteiger partial charge in [0.2, 0.25) is 5.91 Å². The predicted molar refractivity (Wildman–Crippen MR) is 95.2 cm³/mol. The van der Waals surface area contributed by atoms with Crippen LogP contribution in [0.2, 0.25) is 0 Å². The normalized spacial score (nSPS) is 17.9. The molecule has 2 aromatic heterocycles. The van der Waals surface area contributed by atoms with Crippen LogP contribution in [-0.4, -0.2) is 38.1 Å². The molecule has 1 aliphatic heterocycles. The lowest BCUT2D eigenvalue weighted by molar-refractivity contribution is -0.135. The Hall–Kier alpha value is -2.11. The van der Waals surface area contributed by atoms with Gasteiger partial charge in [-0.15, -0.1) is 0 Å². The largest absolute Gasteiger partial charge is 0.361 e. The quantitative estimate of drug-likeness (QED) is 0.807. The molecule has 1 amide bonds. The van der Waals surface area contributed by atoms with E-state index in [9.17, 15) is 4.79 Å². The minimum Gasteiger partial charge on any atom is -0.361 e. The van der Waals surface area contributed by atoms with Gasteiger partial charge in [0, 0.05) is 43.5 Å². The average Bonchev–Trinajstić information content (AvgIpc) is 3.16. The number of carbonyl (C=O) groups excluding carboxylic acids is 1. The van der Waals surface area contributed by atoms with Crippen LogP contribution in [0.5, 0.6) is 0 Å². The monoisotopic (exact) mass is 344 g/mol. The number of likely N-dealkylation sites (tertiary alicyclic amines) is 1. The molecule has 0 saturated carbocycles. The van der Waals surface area contributed by atoms with Crippen molar-refractivity contribution in [3.63, 3.8) is 0 Å². The van der Waals surface area contributed by atoms with Gasteiger partial charge in [0.15, 0.2) is 0 Å². The van der Waals surface area contributed by atoms with E-state index in [0.717, 1.165) is 55.2 Å². The Kier molecular flexibility index (Phi) is 5.56. The van der Waals surface area contributed by atoms with E-state index in [1.165, 1.54) is 6.42 Å². The third kappa shape index (κ3) is 4.11. The molecule has 6 heteroatoms. The van der Waals surface area contributed by atoms with Crippen molar-refractivity contribution in [1.82, 2.24) is 19.6 Å². The van der Waals surface area contributed by atoms with E-state index >= 15 is 0 Å². The summed E-state index contributed by atoms with van der Waals surface area (Å²) in [5, 5.41) is 3.98. The lowest BCUT2D eigenvalue weighted by Crippen LogP contribution is -2.44. The van der Waals surface area contributed by atoms with Crippen molar-refractivity contribution in [2.24, 2.45) is 0 Å². The van der Waals surface area contributed by atoms with Gasteiger partial charge in [0.25, 0.3) is 0 Å². The summed E-state index contributed by atoms with van der Waals surface area (Å²) in [5.41, 5.74) is 1.98. The molecule has 136 valence electrons. The first-order valence-electron chi connectivity index (χ1n) is 9.25. The zero-order valence-electron chi connectivity index (χ0n) is 15.5. The van der Waals surface area contributed by atoms with Crippen LogP contribution in [0.1, 0.15) is 54.9 Å². The van der Waals surface area contributed by atoms with E-state index in [4.69, 9.17) is 4.52 Å². The molecule has 0 N–H and O–H groups in total. The molecular weight excluding hydrogens is 316 g/mol. The molecule has 1 fully saturated rings. The summed E-state index contributed by atoms with van der Waals surface area (Å²) in [6, 6.07) is 0.340. The molecule has 0 spiro atoms. The van der Waals surface area contributed by atoms with Crippen molar-refractivity contribution in [2.45, 2.75) is 71.9 Å². The fraction of sp³-hybridized carbons (Fsp3) is 0.632. The van der Waals surface area contributed by atoms with Crippen LogP contribution in [0.4, 0.5) is 0 Å². The van der Waals surface area contributed by atoms with E-state index in [2.05, 4.69) is 19.6 Å². The lowest BCUT2D eigenvalue weighted by Gasteiger charge is -2.36. The number of hydrogen-bond donors (Lipinski definition) is 0. The summed E-state index contributed by atoms with van der Waals surface area (Å²) >= 11 is 0. The van der Waals surface area contributed by atoms with E-state index < -0.39 is 0 Å². The maximum absolute atomic E-state index is 12.8. The number of piperidine rings is 1. The first-order valence-corrected chi connectivity index (χ1v) is 9.25. The Bertz CT molecular complexity index is 699. The molecule has 0 bridgehead atoms. The first-order chi connectivity index (χ1) is 12.1. The molecule has 3 rings (SSSR count). The smallest absolute Gasteiger partial charge is 0.223 e. The highest BCUT2D eigenvalue weighted by Crippen LogP contribution is 2.23. The average molecular weight is 344 g/mol. The highest BCUT2D eigenvalue weighted by atomic mass is 16.5. The molecule has 6 nitrogen and oxygen atoms in total. The minimum atomic E-state index is 0.257. The topological polar surface area (TPSA) is 64.2 Å². The van der Waals surface area contributed by atoms with Gasteiger partial charge >= 0.3 is 0 Å². The Morgan fingerprint density at radius 3 is 2.84 bits per heavy atom. The van der Waals surface area contributed by atoms with Gasteiger partial charge in [-0.2, -0.15) is 0 Å². The van der Waals surface area contributed by atoms with Gasteiger partial charge in [-0.3, -0.25) is 4.79 Å². The molecule has 0 aliphatic carbocycles. The van der Waals surface area contributed by atoms with Crippen LogP contribution in [-0.2, 0) is 17.8 Å². The molecule has 1 saturated heterocycles. The first kappa shape index (κ1) is 17.7. The van der Waals surface area contributed by atoms with Gasteiger partial charge in [0.1, 0.15) is 11.6 Å². The predicted octanol–water partition coefficient (Wildman–Crippen LogP) is 3.20. The molecule has 2 aromatic rings. The fourth-order valence-electron chi connectivity index (χ4n) is 3.79. The standard InChI is InChI=1S/C19H28N4O2/c1-14-18(15(2)25-21-14)7-8-19(24)23-11-5-4-6-17(23)9-12-22-13-10-20-16(22)3/h10,13,17H,4-9,11-12H2,1-3H3. The second-order valence-electron chi connectivity index (χ2n) is 7.00. The Morgan fingerprint density at radius 1 is 1.32 bits per heavy atom. The summed E-state index contributed by atoms with van der Waals surface area (Å²) in [5.74, 6) is 2.12. The number of nitrogens with zero attached hydrogens (tertiary/aromatic N) is 4. The Morgan fingerprint density at radius 2 is 2.16 bits per heavy atom. The van der Waals surface area contributed by atoms with Crippen molar-refractivity contribution in [3.05, 3.63) is 35.2 Å². The van der Waals surface area contributed by atoms with Crippen molar-refractivity contribution < 1.29 is 9.32 Å². The summed E-state index contributed by atoms with van der Waals surface area (Å²) in [7, 11) is 0. The molecule has 3 heterocycles. The number of amides is 1. The maximum Gasteiger partial charge on any atom is 0.223 e. The van der Waals surface area contributed by atoms with Crippen molar-refractivity contribution in [1.29, 1.82) is 0 Å². The van der Waals surface area contributed by atoms with Crippen LogP contribution in [0.15, 0.2) is 16.9 Å². The number of aryl methyl sites for hydroxylation is 4. The summed E-state index contributed by atoms with van der Waals surface area (Å²) < 4.78 is 7.37. The van der Waals surface area contributed by atoms with Crippen molar-refractivity contribution in [2.75, 3.05) is 6.54 Å². The minimum absolute atomic E-state index is 0.257. The third-order valence-corrected chi connectivity index (χ3v) is 5.34. The molecule has 1 atom stereocenters. The third-order valence-electron chi connectivity index (χ3n) is 5.34. The van der Waals surface area contributed by atoms with Gasteiger partial charge in [-0.1, -0.05) is 5.16 Å². The van der Waals surface area contributed by atoms with Crippen LogP contribution in [0, 0.1) is 20.8 Å². The van der Waals surface area contributed by atoms with Gasteiger partial charge in [0.05, 0.1) is 5.69 Å². The van der Waals surface area contributed by atoms with E-state index in [-0.39, 0.29) is 5.91 Å². The Balaban J connectivity index is 1.58. The second kappa shape index (κ2) is 7.85. The van der Waals surface area contributed by atoms with E-state index in [1.54, 1.807) is 0 Å². The van der Waals surface area contributed by atoms with Crippen LogP contribution < -0.4 is 0 Å². The summed E-state index contributed by atoms with van der Waals surface area (Å²) in [4.78, 5) is 19.2. The number of rotatable bonds is 6. The van der Waals surface area contributed by atoms with Crippen molar-refractivity contribution in [3.8, 4) is 0 Å². The van der Waals surface area contributed by atoms with Gasteiger partial charge in [-0.05, 0) is 52.9 Å². The van der Waals surface area contributed by atoms with Gasteiger partial charge < -0.3 is 14.0 Å². The fourth-order valence-corrected chi connectivity index (χ4v) is 3.79. The van der Waals surface area contributed by atoms with Crippen molar-refractivity contribution >= 4 is 5.91 Å². The van der Waals surface area contributed by atoms with Gasteiger partial charge in [-0.25, -0.2) is 4.98 Å². The van der Waals surface area contributed by atoms with E-state index in [0.29, 0.717) is 18.9 Å². The highest BCUT2D eigenvalue weighted by molar-refractivity contribution is 5.77. The van der Waals surface area contributed by atoms with E-state index in [1.807, 2.05) is 33.2 Å². The number of carbonyl (C=O) groups is 1. The second-order valence-corrected chi connectivity index (χ2v) is 7.00. The zero-order valence-corrected chi connectivity index (χ0v) is 15.5. The maximum atomic E-state index is 12.8. The highest BCUT2D eigenvalue weighted by Gasteiger charge is 2.26. The number of hydrogen-bond acceptors (Lipinski definition) is 4. The lowest BCUT2D eigenvalue weighted by atomic mass is 9.98. The van der Waals surface area contributed by atoms with Crippen LogP contribution >= 0.6 is 0 Å². The number of aromatic nitrogens is 3. The number of imidazole rings is 1. The molecule has 0 aromatic carbocycles. The molecule has 0 radical (unpaired) electrons.